The average molecular weight is 377 g/mol. The van der Waals surface area contributed by atoms with Crippen molar-refractivity contribution >= 4 is 15.5 Å². The molecule has 2 aromatic rings. The summed E-state index contributed by atoms with van der Waals surface area (Å²) < 4.78 is 26.1. The first-order valence-corrected chi connectivity index (χ1v) is 10.7. The predicted octanol–water partition coefficient (Wildman–Crippen LogP) is 3.25. The molecule has 0 spiro atoms. The highest BCUT2D eigenvalue weighted by molar-refractivity contribution is 7.92. The highest BCUT2D eigenvalue weighted by atomic mass is 32.2. The number of aryl methyl sites for hydroxylation is 1. The van der Waals surface area contributed by atoms with Crippen LogP contribution < -0.4 is 4.90 Å². The molecule has 0 aliphatic carbocycles. The molecule has 1 fully saturated rings. The van der Waals surface area contributed by atoms with E-state index in [9.17, 15) is 8.42 Å². The molecule has 0 N–H and O–H groups in total. The van der Waals surface area contributed by atoms with Crippen molar-refractivity contribution in [1.29, 1.82) is 0 Å². The zero-order valence-corrected chi connectivity index (χ0v) is 16.8. The monoisotopic (exact) mass is 376 g/mol. The zero-order valence-electron chi connectivity index (χ0n) is 16.0. The number of anilines is 1. The molecular weight excluding hydrogens is 348 g/mol. The van der Waals surface area contributed by atoms with Gasteiger partial charge in [-0.1, -0.05) is 0 Å². The van der Waals surface area contributed by atoms with Gasteiger partial charge < -0.3 is 4.90 Å². The highest BCUT2D eigenvalue weighted by Crippen LogP contribution is 2.31. The maximum Gasteiger partial charge on any atom is 0.200 e. The van der Waals surface area contributed by atoms with E-state index >= 15 is 0 Å². The molecule has 2 aromatic heterocycles. The van der Waals surface area contributed by atoms with Gasteiger partial charge in [-0.15, -0.1) is 0 Å². The fourth-order valence-electron chi connectivity index (χ4n) is 3.27. The van der Waals surface area contributed by atoms with E-state index in [4.69, 9.17) is 0 Å². The fourth-order valence-corrected chi connectivity index (χ4v) is 4.33. The molecular formula is C19H28N4O2S. The summed E-state index contributed by atoms with van der Waals surface area (Å²) in [7, 11) is -3.41. The van der Waals surface area contributed by atoms with Crippen LogP contribution in [-0.4, -0.2) is 41.0 Å². The lowest BCUT2D eigenvalue weighted by Crippen LogP contribution is -2.33. The van der Waals surface area contributed by atoms with Crippen molar-refractivity contribution in [3.63, 3.8) is 0 Å². The summed E-state index contributed by atoms with van der Waals surface area (Å²) in [5.41, 5.74) is 2.30. The maximum atomic E-state index is 12.5. The van der Waals surface area contributed by atoms with Crippen molar-refractivity contribution in [3.8, 4) is 0 Å². The Morgan fingerprint density at radius 3 is 2.35 bits per heavy atom. The van der Waals surface area contributed by atoms with Gasteiger partial charge in [0.15, 0.2) is 14.9 Å². The molecule has 142 valence electrons. The molecule has 1 aliphatic heterocycles. The molecule has 0 saturated carbocycles. The van der Waals surface area contributed by atoms with Crippen molar-refractivity contribution < 1.29 is 8.42 Å². The first-order chi connectivity index (χ1) is 12.2. The normalized spacial score (nSPS) is 16.8. The van der Waals surface area contributed by atoms with Gasteiger partial charge >= 0.3 is 0 Å². The van der Waals surface area contributed by atoms with E-state index in [0.29, 0.717) is 5.92 Å². The molecule has 26 heavy (non-hydrogen) atoms. The van der Waals surface area contributed by atoms with Gasteiger partial charge in [-0.25, -0.2) is 13.4 Å². The third-order valence-electron chi connectivity index (χ3n) is 5.11. The number of nitrogens with zero attached hydrogens (tertiary/aromatic N) is 4. The van der Waals surface area contributed by atoms with Crippen LogP contribution >= 0.6 is 0 Å². The first kappa shape index (κ1) is 18.9. The number of aromatic nitrogens is 3. The van der Waals surface area contributed by atoms with Crippen molar-refractivity contribution in [3.05, 3.63) is 36.3 Å². The Kier molecular flexibility index (Phi) is 5.10. The van der Waals surface area contributed by atoms with Crippen molar-refractivity contribution in [2.24, 2.45) is 0 Å². The number of piperidine rings is 1. The van der Waals surface area contributed by atoms with E-state index in [1.54, 1.807) is 33.0 Å². The molecule has 0 bridgehead atoms. The summed E-state index contributed by atoms with van der Waals surface area (Å²) in [5.74, 6) is 0.542. The summed E-state index contributed by atoms with van der Waals surface area (Å²) in [6.45, 7) is 9.96. The molecule has 3 rings (SSSR count). The van der Waals surface area contributed by atoms with Crippen LogP contribution in [0.2, 0.25) is 0 Å². The summed E-state index contributed by atoms with van der Waals surface area (Å²) in [4.78, 5) is 6.52. The molecule has 0 aromatic carbocycles. The second-order valence-electron chi connectivity index (χ2n) is 7.86. The predicted molar refractivity (Wildman–Crippen MR) is 103 cm³/mol. The van der Waals surface area contributed by atoms with E-state index in [1.807, 2.05) is 16.9 Å². The second-order valence-corrected chi connectivity index (χ2v) is 10.5. The third-order valence-corrected chi connectivity index (χ3v) is 7.52. The number of rotatable bonds is 4. The minimum absolute atomic E-state index is 0.149. The molecule has 3 heterocycles. The van der Waals surface area contributed by atoms with Crippen LogP contribution in [0.1, 0.15) is 52.0 Å². The van der Waals surface area contributed by atoms with Gasteiger partial charge in [0.25, 0.3) is 0 Å². The average Bonchev–Trinajstić information content (AvgIpc) is 3.10. The zero-order chi connectivity index (χ0) is 18.9. The molecule has 6 nitrogen and oxygen atoms in total. The Morgan fingerprint density at radius 1 is 1.15 bits per heavy atom. The van der Waals surface area contributed by atoms with Crippen LogP contribution in [0.15, 0.2) is 35.7 Å². The van der Waals surface area contributed by atoms with E-state index < -0.39 is 14.6 Å². The van der Waals surface area contributed by atoms with E-state index in [0.717, 1.165) is 38.2 Å². The third kappa shape index (κ3) is 3.63. The molecule has 0 amide bonds. The van der Waals surface area contributed by atoms with Gasteiger partial charge in [0.2, 0.25) is 0 Å². The summed E-state index contributed by atoms with van der Waals surface area (Å²) in [6.07, 6.45) is 7.95. The van der Waals surface area contributed by atoms with Crippen LogP contribution in [-0.2, 0) is 16.4 Å². The summed E-state index contributed by atoms with van der Waals surface area (Å²) in [5, 5.41) is 4.52. The highest BCUT2D eigenvalue weighted by Gasteiger charge is 2.32. The summed E-state index contributed by atoms with van der Waals surface area (Å²) >= 11 is 0. The van der Waals surface area contributed by atoms with Gasteiger partial charge in [-0.05, 0) is 64.2 Å². The number of sulfone groups is 1. The molecule has 7 heteroatoms. The minimum Gasteiger partial charge on any atom is -0.370 e. The van der Waals surface area contributed by atoms with Crippen molar-refractivity contribution in [1.82, 2.24) is 14.8 Å². The SMILES string of the molecule is CCn1cc(C2CCN(c3ccc(S(=O)(=O)C(C)(C)C)nc3)CC2)cn1. The van der Waals surface area contributed by atoms with Crippen LogP contribution in [0.25, 0.3) is 0 Å². The molecule has 0 unspecified atom stereocenters. The lowest BCUT2D eigenvalue weighted by atomic mass is 9.91. The van der Waals surface area contributed by atoms with Crippen LogP contribution in [0.3, 0.4) is 0 Å². The first-order valence-electron chi connectivity index (χ1n) is 9.20. The largest absolute Gasteiger partial charge is 0.370 e. The lowest BCUT2D eigenvalue weighted by Gasteiger charge is -2.33. The molecule has 0 atom stereocenters. The quantitative estimate of drug-likeness (QED) is 0.819. The van der Waals surface area contributed by atoms with Gasteiger partial charge in [-0.3, -0.25) is 4.68 Å². The van der Waals surface area contributed by atoms with Crippen LogP contribution in [0.4, 0.5) is 5.69 Å². The lowest BCUT2D eigenvalue weighted by molar-refractivity contribution is 0.504. The van der Waals surface area contributed by atoms with Crippen LogP contribution in [0.5, 0.6) is 0 Å². The smallest absolute Gasteiger partial charge is 0.200 e. The van der Waals surface area contributed by atoms with E-state index in [-0.39, 0.29) is 5.03 Å². The summed E-state index contributed by atoms with van der Waals surface area (Å²) in [6, 6.07) is 3.51. The van der Waals surface area contributed by atoms with E-state index in [1.165, 1.54) is 5.56 Å². The molecule has 1 saturated heterocycles. The second kappa shape index (κ2) is 7.02. The Morgan fingerprint density at radius 2 is 1.85 bits per heavy atom. The standard InChI is InChI=1S/C19H28N4O2S/c1-5-23-14-16(12-21-23)15-8-10-22(11-9-15)17-6-7-18(20-13-17)26(24,25)19(2,3)4/h6-7,12-15H,5,8-11H2,1-4H3. The van der Waals surface area contributed by atoms with Gasteiger partial charge in [0.05, 0.1) is 22.8 Å². The van der Waals surface area contributed by atoms with Gasteiger partial charge in [0, 0.05) is 25.8 Å². The van der Waals surface area contributed by atoms with Crippen LogP contribution in [0, 0.1) is 0 Å². The molecule has 0 radical (unpaired) electrons. The number of pyridine rings is 1. The van der Waals surface area contributed by atoms with Gasteiger partial charge in [-0.2, -0.15) is 5.10 Å². The topological polar surface area (TPSA) is 68.1 Å². The fraction of sp³-hybridized carbons (Fsp3) is 0.579. The van der Waals surface area contributed by atoms with E-state index in [2.05, 4.69) is 28.1 Å². The number of hydrogen-bond acceptors (Lipinski definition) is 5. The Bertz CT molecular complexity index is 842. The molecule has 1 aliphatic rings. The Hall–Kier alpha value is -1.89. The van der Waals surface area contributed by atoms with Gasteiger partial charge in [0.1, 0.15) is 0 Å². The number of hydrogen-bond donors (Lipinski definition) is 0. The maximum absolute atomic E-state index is 12.5. The van der Waals surface area contributed by atoms with Crippen molar-refractivity contribution in [2.45, 2.75) is 62.8 Å². The van der Waals surface area contributed by atoms with Crippen molar-refractivity contribution in [2.75, 3.05) is 18.0 Å². The minimum atomic E-state index is -3.41. The Labute approximate surface area is 156 Å². The Balaban J connectivity index is 1.66.